The number of Topliss-reactive ketones (excluding diaryl/α,β-unsaturated/α-hetero) is 1. The molecule has 0 spiro atoms. The van der Waals surface area contributed by atoms with Crippen molar-refractivity contribution in [3.05, 3.63) is 64.9 Å². The molecule has 0 amide bonds. The summed E-state index contributed by atoms with van der Waals surface area (Å²) in [6.07, 6.45) is 0. The van der Waals surface area contributed by atoms with Gasteiger partial charge in [0.2, 0.25) is 0 Å². The Balaban J connectivity index is 1.58. The maximum absolute atomic E-state index is 12.0. The molecule has 0 bridgehead atoms. The maximum Gasteiger partial charge on any atom is 0.172 e. The van der Waals surface area contributed by atoms with Gasteiger partial charge in [-0.2, -0.15) is 0 Å². The molecule has 0 aliphatic heterocycles. The van der Waals surface area contributed by atoms with E-state index in [1.807, 2.05) is 24.3 Å². The normalized spacial score (nSPS) is 10.9. The van der Waals surface area contributed by atoms with Crippen LogP contribution >= 0.6 is 23.4 Å². The highest BCUT2D eigenvalue weighted by atomic mass is 35.5. The second-order valence-electron chi connectivity index (χ2n) is 4.62. The van der Waals surface area contributed by atoms with E-state index >= 15 is 0 Å². The van der Waals surface area contributed by atoms with Crippen LogP contribution in [0.15, 0.2) is 48.5 Å². The van der Waals surface area contributed by atoms with Crippen molar-refractivity contribution in [1.82, 2.24) is 9.97 Å². The van der Waals surface area contributed by atoms with Gasteiger partial charge in [0, 0.05) is 10.6 Å². The standard InChI is InChI=1S/C16H13ClN2OS/c17-12-7-5-11(6-8-12)15(20)9-21-10-16-18-13-3-1-2-4-14(13)19-16/h1-8H,9-10H2,(H,18,19). The molecule has 5 heteroatoms. The van der Waals surface area contributed by atoms with Gasteiger partial charge in [-0.25, -0.2) is 4.98 Å². The van der Waals surface area contributed by atoms with E-state index in [1.54, 1.807) is 36.0 Å². The van der Waals surface area contributed by atoms with Crippen LogP contribution in [-0.4, -0.2) is 21.5 Å². The van der Waals surface area contributed by atoms with Gasteiger partial charge in [-0.05, 0) is 36.4 Å². The molecule has 106 valence electrons. The lowest BCUT2D eigenvalue weighted by atomic mass is 10.1. The lowest BCUT2D eigenvalue weighted by Crippen LogP contribution is -2.02. The zero-order chi connectivity index (χ0) is 14.7. The third kappa shape index (κ3) is 3.46. The molecule has 0 aliphatic carbocycles. The smallest absolute Gasteiger partial charge is 0.172 e. The number of thioether (sulfide) groups is 1. The molecule has 3 aromatic rings. The Kier molecular flexibility index (Phi) is 4.27. The number of imidazole rings is 1. The Morgan fingerprint density at radius 2 is 1.90 bits per heavy atom. The molecule has 0 atom stereocenters. The molecule has 3 nitrogen and oxygen atoms in total. The van der Waals surface area contributed by atoms with Crippen LogP contribution in [0, 0.1) is 0 Å². The number of carbonyl (C=O) groups excluding carboxylic acids is 1. The van der Waals surface area contributed by atoms with Gasteiger partial charge < -0.3 is 4.98 Å². The summed E-state index contributed by atoms with van der Waals surface area (Å²) in [5, 5.41) is 0.640. The number of fused-ring (bicyclic) bond motifs is 1. The first-order valence-corrected chi connectivity index (χ1v) is 8.06. The Hall–Kier alpha value is -1.78. The summed E-state index contributed by atoms with van der Waals surface area (Å²) in [4.78, 5) is 19.8. The highest BCUT2D eigenvalue weighted by Gasteiger charge is 2.07. The van der Waals surface area contributed by atoms with Crippen LogP contribution in [0.1, 0.15) is 16.2 Å². The maximum atomic E-state index is 12.0. The number of nitrogens with one attached hydrogen (secondary N) is 1. The van der Waals surface area contributed by atoms with Crippen LogP contribution in [0.25, 0.3) is 11.0 Å². The molecule has 2 aromatic carbocycles. The van der Waals surface area contributed by atoms with Crippen LogP contribution in [0.5, 0.6) is 0 Å². The van der Waals surface area contributed by atoms with Gasteiger partial charge in [-0.3, -0.25) is 4.79 Å². The summed E-state index contributed by atoms with van der Waals surface area (Å²) >= 11 is 7.36. The largest absolute Gasteiger partial charge is 0.341 e. The highest BCUT2D eigenvalue weighted by molar-refractivity contribution is 7.99. The number of rotatable bonds is 5. The molecule has 1 aromatic heterocycles. The fraction of sp³-hybridized carbons (Fsp3) is 0.125. The lowest BCUT2D eigenvalue weighted by molar-refractivity contribution is 0.102. The van der Waals surface area contributed by atoms with Crippen LogP contribution in [0.4, 0.5) is 0 Å². The number of halogens is 1. The number of carbonyl (C=O) groups is 1. The fourth-order valence-electron chi connectivity index (χ4n) is 2.03. The third-order valence-electron chi connectivity index (χ3n) is 3.08. The average molecular weight is 317 g/mol. The fourth-order valence-corrected chi connectivity index (χ4v) is 2.94. The van der Waals surface area contributed by atoms with Gasteiger partial charge in [-0.15, -0.1) is 11.8 Å². The molecule has 0 unspecified atom stereocenters. The quantitative estimate of drug-likeness (QED) is 0.712. The highest BCUT2D eigenvalue weighted by Crippen LogP contribution is 2.17. The summed E-state index contributed by atoms with van der Waals surface area (Å²) in [5.74, 6) is 2.12. The minimum atomic E-state index is 0.104. The zero-order valence-corrected chi connectivity index (χ0v) is 12.7. The Labute approximate surface area is 131 Å². The van der Waals surface area contributed by atoms with Gasteiger partial charge in [0.25, 0.3) is 0 Å². The van der Waals surface area contributed by atoms with Crippen molar-refractivity contribution >= 4 is 40.2 Å². The molecule has 1 N–H and O–H groups in total. The van der Waals surface area contributed by atoms with E-state index in [-0.39, 0.29) is 5.78 Å². The summed E-state index contributed by atoms with van der Waals surface area (Å²) in [6, 6.07) is 14.9. The van der Waals surface area contributed by atoms with Gasteiger partial charge in [0.15, 0.2) is 5.78 Å². The number of hydrogen-bond acceptors (Lipinski definition) is 3. The van der Waals surface area contributed by atoms with Crippen LogP contribution in [0.2, 0.25) is 5.02 Å². The van der Waals surface area contributed by atoms with Crippen LogP contribution in [0.3, 0.4) is 0 Å². The molecule has 0 aliphatic rings. The van der Waals surface area contributed by atoms with E-state index in [9.17, 15) is 4.79 Å². The number of nitrogens with zero attached hydrogens (tertiary/aromatic N) is 1. The van der Waals surface area contributed by atoms with Crippen molar-refractivity contribution in [2.45, 2.75) is 5.75 Å². The predicted octanol–water partition coefficient (Wildman–Crippen LogP) is 4.33. The lowest BCUT2D eigenvalue weighted by Gasteiger charge is -2.00. The molecular formula is C16H13ClN2OS. The van der Waals surface area contributed by atoms with E-state index < -0.39 is 0 Å². The van der Waals surface area contributed by atoms with Gasteiger partial charge >= 0.3 is 0 Å². The second-order valence-corrected chi connectivity index (χ2v) is 6.05. The van der Waals surface area contributed by atoms with Crippen LogP contribution in [-0.2, 0) is 5.75 Å². The average Bonchev–Trinajstić information content (AvgIpc) is 2.90. The monoisotopic (exact) mass is 316 g/mol. The van der Waals surface area contributed by atoms with Crippen molar-refractivity contribution in [3.63, 3.8) is 0 Å². The van der Waals surface area contributed by atoms with Crippen molar-refractivity contribution in [2.75, 3.05) is 5.75 Å². The van der Waals surface area contributed by atoms with Crippen molar-refractivity contribution in [2.24, 2.45) is 0 Å². The van der Waals surface area contributed by atoms with Crippen LogP contribution < -0.4 is 0 Å². The van der Waals surface area contributed by atoms with E-state index in [4.69, 9.17) is 11.6 Å². The van der Waals surface area contributed by atoms with E-state index in [1.165, 1.54) is 0 Å². The number of aromatic nitrogens is 2. The summed E-state index contributed by atoms with van der Waals surface area (Å²) in [7, 11) is 0. The molecule has 21 heavy (non-hydrogen) atoms. The number of H-pyrrole nitrogens is 1. The Morgan fingerprint density at radius 3 is 2.67 bits per heavy atom. The number of hydrogen-bond donors (Lipinski definition) is 1. The van der Waals surface area contributed by atoms with Crippen molar-refractivity contribution in [3.8, 4) is 0 Å². The molecule has 1 heterocycles. The first-order chi connectivity index (χ1) is 10.2. The second kappa shape index (κ2) is 6.33. The molecule has 0 radical (unpaired) electrons. The molecule has 0 saturated carbocycles. The topological polar surface area (TPSA) is 45.8 Å². The number of ketones is 1. The number of benzene rings is 2. The molecule has 0 fully saturated rings. The molecular weight excluding hydrogens is 304 g/mol. The SMILES string of the molecule is O=C(CSCc1nc2ccccc2[nH]1)c1ccc(Cl)cc1. The van der Waals surface area contributed by atoms with E-state index in [0.29, 0.717) is 22.1 Å². The molecule has 0 saturated heterocycles. The Bertz CT molecular complexity index is 734. The zero-order valence-electron chi connectivity index (χ0n) is 11.2. The first-order valence-electron chi connectivity index (χ1n) is 6.52. The molecule has 3 rings (SSSR count). The van der Waals surface area contributed by atoms with Gasteiger partial charge in [0.05, 0.1) is 22.5 Å². The van der Waals surface area contributed by atoms with Gasteiger partial charge in [0.1, 0.15) is 5.82 Å². The van der Waals surface area contributed by atoms with E-state index in [2.05, 4.69) is 9.97 Å². The summed E-state index contributed by atoms with van der Waals surface area (Å²) < 4.78 is 0. The van der Waals surface area contributed by atoms with E-state index in [0.717, 1.165) is 16.9 Å². The summed E-state index contributed by atoms with van der Waals surface area (Å²) in [5.41, 5.74) is 2.67. The van der Waals surface area contributed by atoms with Crippen molar-refractivity contribution < 1.29 is 4.79 Å². The number of para-hydroxylation sites is 2. The van der Waals surface area contributed by atoms with Gasteiger partial charge in [-0.1, -0.05) is 23.7 Å². The minimum Gasteiger partial charge on any atom is -0.341 e. The number of aromatic amines is 1. The summed E-state index contributed by atoms with van der Waals surface area (Å²) in [6.45, 7) is 0. The predicted molar refractivity (Wildman–Crippen MR) is 88.0 cm³/mol. The Morgan fingerprint density at radius 1 is 1.14 bits per heavy atom. The first kappa shape index (κ1) is 14.2. The third-order valence-corrected chi connectivity index (χ3v) is 4.27. The minimum absolute atomic E-state index is 0.104. The van der Waals surface area contributed by atoms with Crippen molar-refractivity contribution in [1.29, 1.82) is 0 Å².